The van der Waals surface area contributed by atoms with E-state index in [1.807, 2.05) is 17.0 Å². The van der Waals surface area contributed by atoms with E-state index in [1.165, 1.54) is 11.8 Å². The number of carbonyl (C=O) groups is 1. The van der Waals surface area contributed by atoms with E-state index in [9.17, 15) is 4.79 Å². The molecular weight excluding hydrogens is 364 g/mol. The first kappa shape index (κ1) is 17.4. The molecule has 4 heterocycles. The Balaban J connectivity index is 1.27. The average Bonchev–Trinajstić information content (AvgIpc) is 3.22. The van der Waals surface area contributed by atoms with Crippen LogP contribution in [0.2, 0.25) is 0 Å². The van der Waals surface area contributed by atoms with Crippen molar-refractivity contribution in [2.45, 2.75) is 5.16 Å². The first-order valence-corrected chi connectivity index (χ1v) is 9.53. The lowest BCUT2D eigenvalue weighted by atomic mass is 10.3. The van der Waals surface area contributed by atoms with Crippen LogP contribution in [0.1, 0.15) is 0 Å². The second-order valence-electron chi connectivity index (χ2n) is 5.91. The number of amides is 1. The second kappa shape index (κ2) is 8.12. The summed E-state index contributed by atoms with van der Waals surface area (Å²) < 4.78 is 0. The van der Waals surface area contributed by atoms with Crippen LogP contribution in [0.5, 0.6) is 0 Å². The van der Waals surface area contributed by atoms with Crippen LogP contribution in [0.15, 0.2) is 48.1 Å². The number of carbonyl (C=O) groups excluding carboxylic acids is 1. The Morgan fingerprint density at radius 3 is 2.56 bits per heavy atom. The lowest BCUT2D eigenvalue weighted by Crippen LogP contribution is -2.49. The van der Waals surface area contributed by atoms with Gasteiger partial charge in [0.2, 0.25) is 17.0 Å². The molecule has 0 saturated carbocycles. The Labute approximate surface area is 160 Å². The van der Waals surface area contributed by atoms with Crippen molar-refractivity contribution >= 4 is 23.6 Å². The summed E-state index contributed by atoms with van der Waals surface area (Å²) in [6, 6.07) is 5.51. The van der Waals surface area contributed by atoms with Crippen molar-refractivity contribution in [2.24, 2.45) is 0 Å². The third kappa shape index (κ3) is 4.22. The number of H-pyrrole nitrogens is 1. The number of thioether (sulfide) groups is 1. The Morgan fingerprint density at radius 2 is 1.81 bits per heavy atom. The molecule has 0 unspecified atom stereocenters. The molecule has 0 bridgehead atoms. The quantitative estimate of drug-likeness (QED) is 0.654. The smallest absolute Gasteiger partial charge is 0.233 e. The molecule has 1 amide bonds. The van der Waals surface area contributed by atoms with Gasteiger partial charge in [-0.3, -0.25) is 14.9 Å². The first-order valence-electron chi connectivity index (χ1n) is 8.55. The highest BCUT2D eigenvalue weighted by Gasteiger charge is 2.22. The monoisotopic (exact) mass is 382 g/mol. The van der Waals surface area contributed by atoms with Gasteiger partial charge in [-0.25, -0.2) is 15.0 Å². The van der Waals surface area contributed by atoms with Crippen LogP contribution in [-0.4, -0.2) is 72.9 Å². The zero-order valence-corrected chi connectivity index (χ0v) is 15.3. The van der Waals surface area contributed by atoms with Gasteiger partial charge in [0.05, 0.1) is 5.75 Å². The minimum Gasteiger partial charge on any atom is -0.338 e. The zero-order chi connectivity index (χ0) is 18.5. The van der Waals surface area contributed by atoms with E-state index in [4.69, 9.17) is 0 Å². The van der Waals surface area contributed by atoms with Crippen molar-refractivity contribution in [3.05, 3.63) is 43.0 Å². The van der Waals surface area contributed by atoms with Gasteiger partial charge < -0.3 is 9.80 Å². The lowest BCUT2D eigenvalue weighted by Gasteiger charge is -2.34. The summed E-state index contributed by atoms with van der Waals surface area (Å²) in [7, 11) is 0. The highest BCUT2D eigenvalue weighted by molar-refractivity contribution is 7.99. The standard InChI is InChI=1S/C17H18N8OS/c26-14(24-8-10-25(11-9-24)16-19-4-1-5-20-16)12-27-17-21-15(22-23-17)13-2-6-18-7-3-13/h1-7H,8-12H2,(H,21,22,23). The van der Waals surface area contributed by atoms with Crippen LogP contribution < -0.4 is 4.90 Å². The summed E-state index contributed by atoms with van der Waals surface area (Å²) in [4.78, 5) is 33.4. The average molecular weight is 382 g/mol. The van der Waals surface area contributed by atoms with Gasteiger partial charge >= 0.3 is 0 Å². The van der Waals surface area contributed by atoms with E-state index < -0.39 is 0 Å². The van der Waals surface area contributed by atoms with Crippen molar-refractivity contribution in [1.29, 1.82) is 0 Å². The molecule has 1 aliphatic rings. The minimum atomic E-state index is 0.0869. The molecule has 1 fully saturated rings. The van der Waals surface area contributed by atoms with E-state index in [0.717, 1.165) is 18.7 Å². The Morgan fingerprint density at radius 1 is 1.07 bits per heavy atom. The van der Waals surface area contributed by atoms with Crippen molar-refractivity contribution in [3.8, 4) is 11.4 Å². The van der Waals surface area contributed by atoms with Gasteiger partial charge in [0.1, 0.15) is 0 Å². The predicted molar refractivity (Wildman–Crippen MR) is 101 cm³/mol. The van der Waals surface area contributed by atoms with Crippen LogP contribution in [0, 0.1) is 0 Å². The number of rotatable bonds is 5. The van der Waals surface area contributed by atoms with E-state index in [-0.39, 0.29) is 5.91 Å². The number of pyridine rings is 1. The highest BCUT2D eigenvalue weighted by atomic mass is 32.2. The predicted octanol–water partition coefficient (Wildman–Crippen LogP) is 1.10. The number of hydrogen-bond donors (Lipinski definition) is 1. The van der Waals surface area contributed by atoms with Crippen LogP contribution in [0.4, 0.5) is 5.95 Å². The number of anilines is 1. The summed E-state index contributed by atoms with van der Waals surface area (Å²) in [5.41, 5.74) is 0.912. The molecule has 0 aromatic carbocycles. The van der Waals surface area contributed by atoms with Crippen LogP contribution in [0.25, 0.3) is 11.4 Å². The van der Waals surface area contributed by atoms with Gasteiger partial charge in [-0.15, -0.1) is 5.10 Å². The maximum absolute atomic E-state index is 12.5. The summed E-state index contributed by atoms with van der Waals surface area (Å²) in [6.45, 7) is 2.78. The highest BCUT2D eigenvalue weighted by Crippen LogP contribution is 2.19. The van der Waals surface area contributed by atoms with Gasteiger partial charge in [-0.2, -0.15) is 0 Å². The molecule has 9 nitrogen and oxygen atoms in total. The normalized spacial score (nSPS) is 14.4. The molecule has 138 valence electrons. The maximum atomic E-state index is 12.5. The van der Waals surface area contributed by atoms with Crippen LogP contribution in [0.3, 0.4) is 0 Å². The Bertz CT molecular complexity index is 880. The largest absolute Gasteiger partial charge is 0.338 e. The van der Waals surface area contributed by atoms with E-state index in [1.54, 1.807) is 30.9 Å². The Kier molecular flexibility index (Phi) is 5.24. The molecule has 3 aromatic rings. The molecule has 27 heavy (non-hydrogen) atoms. The van der Waals surface area contributed by atoms with Crippen LogP contribution >= 0.6 is 11.8 Å². The van der Waals surface area contributed by atoms with E-state index >= 15 is 0 Å². The van der Waals surface area contributed by atoms with Gasteiger partial charge in [0, 0.05) is 56.5 Å². The SMILES string of the molecule is O=C(CSc1n[nH]c(-c2ccncc2)n1)N1CCN(c2ncccn2)CC1. The molecule has 1 N–H and O–H groups in total. The van der Waals surface area contributed by atoms with Gasteiger partial charge in [0.15, 0.2) is 5.82 Å². The molecule has 1 aliphatic heterocycles. The molecule has 0 spiro atoms. The fourth-order valence-corrected chi connectivity index (χ4v) is 3.48. The zero-order valence-electron chi connectivity index (χ0n) is 14.5. The van der Waals surface area contributed by atoms with E-state index in [0.29, 0.717) is 35.8 Å². The third-order valence-corrected chi connectivity index (χ3v) is 5.04. The van der Waals surface area contributed by atoms with Crippen molar-refractivity contribution < 1.29 is 4.79 Å². The molecule has 0 aliphatic carbocycles. The number of hydrogen-bond acceptors (Lipinski definition) is 8. The summed E-state index contributed by atoms with van der Waals surface area (Å²) in [5.74, 6) is 1.78. The number of aromatic amines is 1. The van der Waals surface area contributed by atoms with Crippen molar-refractivity contribution in [3.63, 3.8) is 0 Å². The fourth-order valence-electron chi connectivity index (χ4n) is 2.78. The minimum absolute atomic E-state index is 0.0869. The summed E-state index contributed by atoms with van der Waals surface area (Å²) in [5, 5.41) is 7.63. The van der Waals surface area contributed by atoms with Crippen LogP contribution in [-0.2, 0) is 4.79 Å². The number of aromatic nitrogens is 6. The molecular formula is C17H18N8OS. The number of nitrogens with zero attached hydrogens (tertiary/aromatic N) is 7. The molecule has 0 radical (unpaired) electrons. The Hall–Kier alpha value is -3.01. The summed E-state index contributed by atoms with van der Waals surface area (Å²) >= 11 is 1.34. The number of piperazine rings is 1. The van der Waals surface area contributed by atoms with Gasteiger partial charge in [-0.05, 0) is 18.2 Å². The fraction of sp³-hybridized carbons (Fsp3) is 0.294. The molecule has 10 heteroatoms. The van der Waals surface area contributed by atoms with Gasteiger partial charge in [0.25, 0.3) is 0 Å². The first-order chi connectivity index (χ1) is 13.3. The van der Waals surface area contributed by atoms with Crippen molar-refractivity contribution in [1.82, 2.24) is 35.0 Å². The molecule has 4 rings (SSSR count). The lowest BCUT2D eigenvalue weighted by molar-refractivity contribution is -0.128. The van der Waals surface area contributed by atoms with Crippen molar-refractivity contribution in [2.75, 3.05) is 36.8 Å². The molecule has 3 aromatic heterocycles. The summed E-state index contributed by atoms with van der Waals surface area (Å²) in [6.07, 6.45) is 6.86. The van der Waals surface area contributed by atoms with Gasteiger partial charge in [-0.1, -0.05) is 11.8 Å². The third-order valence-electron chi connectivity index (χ3n) is 4.21. The second-order valence-corrected chi connectivity index (χ2v) is 6.85. The topological polar surface area (TPSA) is 104 Å². The maximum Gasteiger partial charge on any atom is 0.233 e. The van der Waals surface area contributed by atoms with E-state index in [2.05, 4.69) is 35.0 Å². The molecule has 1 saturated heterocycles. The number of nitrogens with one attached hydrogen (secondary N) is 1. The molecule has 0 atom stereocenters.